The third-order valence-electron chi connectivity index (χ3n) is 4.19. The number of aryl methyl sites for hydroxylation is 1. The maximum absolute atomic E-state index is 12.1. The van der Waals surface area contributed by atoms with E-state index in [1.165, 1.54) is 0 Å². The molecule has 0 aliphatic rings. The second kappa shape index (κ2) is 10.2. The van der Waals surface area contributed by atoms with Gasteiger partial charge in [-0.1, -0.05) is 17.7 Å². The van der Waals surface area contributed by atoms with Gasteiger partial charge in [-0.25, -0.2) is 0 Å². The van der Waals surface area contributed by atoms with Crippen molar-refractivity contribution in [3.05, 3.63) is 59.7 Å². The van der Waals surface area contributed by atoms with E-state index in [1.807, 2.05) is 43.3 Å². The first kappa shape index (κ1) is 20.3. The number of benzene rings is 2. The van der Waals surface area contributed by atoms with E-state index in [0.717, 1.165) is 24.3 Å². The summed E-state index contributed by atoms with van der Waals surface area (Å²) in [7, 11) is 0. The van der Waals surface area contributed by atoms with Gasteiger partial charge >= 0.3 is 0 Å². The highest BCUT2D eigenvalue weighted by Gasteiger charge is 2.09. The first-order valence-corrected chi connectivity index (χ1v) is 9.17. The summed E-state index contributed by atoms with van der Waals surface area (Å²) in [5, 5.41) is 0. The maximum Gasteiger partial charge on any atom is 0.269 e. The van der Waals surface area contributed by atoms with Gasteiger partial charge in [0.25, 0.3) is 5.91 Å². The van der Waals surface area contributed by atoms with E-state index in [4.69, 9.17) is 4.74 Å². The van der Waals surface area contributed by atoms with Crippen LogP contribution in [0.1, 0.15) is 36.2 Å². The topological polar surface area (TPSA) is 70.7 Å². The molecule has 2 aromatic rings. The zero-order valence-electron chi connectivity index (χ0n) is 16.1. The van der Waals surface area contributed by atoms with Crippen molar-refractivity contribution in [2.75, 3.05) is 24.6 Å². The Hall–Kier alpha value is -3.02. The second-order valence-corrected chi connectivity index (χ2v) is 6.13. The molecule has 0 saturated heterocycles. The van der Waals surface area contributed by atoms with E-state index in [1.54, 1.807) is 12.1 Å². The van der Waals surface area contributed by atoms with Crippen LogP contribution in [0.4, 0.5) is 5.69 Å². The van der Waals surface area contributed by atoms with Crippen LogP contribution < -0.4 is 20.5 Å². The molecule has 0 spiro atoms. The average molecular weight is 369 g/mol. The van der Waals surface area contributed by atoms with Crippen LogP contribution in [-0.2, 0) is 4.79 Å². The van der Waals surface area contributed by atoms with Crippen molar-refractivity contribution in [1.82, 2.24) is 10.9 Å². The molecule has 6 nitrogen and oxygen atoms in total. The highest BCUT2D eigenvalue weighted by atomic mass is 16.5. The largest absolute Gasteiger partial charge is 0.493 e. The van der Waals surface area contributed by atoms with E-state index in [0.29, 0.717) is 11.3 Å². The van der Waals surface area contributed by atoms with Crippen LogP contribution in [0.2, 0.25) is 0 Å². The van der Waals surface area contributed by atoms with Crippen molar-refractivity contribution >= 4 is 17.5 Å². The van der Waals surface area contributed by atoms with Crippen LogP contribution in [0.25, 0.3) is 0 Å². The van der Waals surface area contributed by atoms with Gasteiger partial charge in [0.15, 0.2) is 0 Å². The van der Waals surface area contributed by atoms with Gasteiger partial charge in [0.2, 0.25) is 5.91 Å². The number of anilines is 1. The number of carbonyl (C=O) groups excluding carboxylic acids is 2. The van der Waals surface area contributed by atoms with Gasteiger partial charge in [-0.05, 0) is 57.2 Å². The van der Waals surface area contributed by atoms with Crippen molar-refractivity contribution in [3.63, 3.8) is 0 Å². The number of hydrogen-bond donors (Lipinski definition) is 2. The molecule has 6 heteroatoms. The molecule has 2 rings (SSSR count). The highest BCUT2D eigenvalue weighted by Crippen LogP contribution is 2.15. The monoisotopic (exact) mass is 369 g/mol. The molecule has 0 fully saturated rings. The van der Waals surface area contributed by atoms with Crippen LogP contribution >= 0.6 is 0 Å². The molecule has 0 radical (unpaired) electrons. The third-order valence-corrected chi connectivity index (χ3v) is 4.19. The first-order chi connectivity index (χ1) is 13.0. The number of carbonyl (C=O) groups is 2. The van der Waals surface area contributed by atoms with Crippen molar-refractivity contribution in [3.8, 4) is 5.75 Å². The van der Waals surface area contributed by atoms with E-state index >= 15 is 0 Å². The Morgan fingerprint density at radius 2 is 1.56 bits per heavy atom. The predicted molar refractivity (Wildman–Crippen MR) is 107 cm³/mol. The van der Waals surface area contributed by atoms with Gasteiger partial charge in [-0.3, -0.25) is 20.4 Å². The van der Waals surface area contributed by atoms with Crippen LogP contribution in [0.15, 0.2) is 48.5 Å². The van der Waals surface area contributed by atoms with E-state index < -0.39 is 0 Å². The van der Waals surface area contributed by atoms with Crippen LogP contribution in [0, 0.1) is 6.92 Å². The fraction of sp³-hybridized carbons (Fsp3) is 0.333. The highest BCUT2D eigenvalue weighted by molar-refractivity contribution is 5.95. The summed E-state index contributed by atoms with van der Waals surface area (Å²) >= 11 is 0. The molecule has 2 aromatic carbocycles. The Labute approximate surface area is 160 Å². The Morgan fingerprint density at radius 3 is 2.15 bits per heavy atom. The fourth-order valence-electron chi connectivity index (χ4n) is 2.57. The minimum absolute atomic E-state index is 0.148. The molecule has 0 atom stereocenters. The smallest absolute Gasteiger partial charge is 0.269 e. The Bertz CT molecular complexity index is 738. The fourth-order valence-corrected chi connectivity index (χ4v) is 2.57. The molecule has 0 bridgehead atoms. The lowest BCUT2D eigenvalue weighted by molar-refractivity contribution is -0.122. The third kappa shape index (κ3) is 6.33. The molecule has 2 N–H and O–H groups in total. The lowest BCUT2D eigenvalue weighted by Crippen LogP contribution is -2.42. The summed E-state index contributed by atoms with van der Waals surface area (Å²) in [6.45, 7) is 8.22. The van der Waals surface area contributed by atoms with E-state index in [-0.39, 0.29) is 24.8 Å². The zero-order valence-corrected chi connectivity index (χ0v) is 16.1. The predicted octanol–water partition coefficient (Wildman–Crippen LogP) is 3.07. The Kier molecular flexibility index (Phi) is 7.67. The maximum atomic E-state index is 12.1. The summed E-state index contributed by atoms with van der Waals surface area (Å²) in [5.74, 6) is 0.0508. The van der Waals surface area contributed by atoms with E-state index in [2.05, 4.69) is 29.6 Å². The lowest BCUT2D eigenvalue weighted by Gasteiger charge is -2.21. The molecule has 0 aromatic heterocycles. The van der Waals surface area contributed by atoms with Gasteiger partial charge in [-0.15, -0.1) is 0 Å². The van der Waals surface area contributed by atoms with Crippen LogP contribution in [0.3, 0.4) is 0 Å². The van der Waals surface area contributed by atoms with Gasteiger partial charge in [0.1, 0.15) is 5.75 Å². The van der Waals surface area contributed by atoms with Crippen molar-refractivity contribution < 1.29 is 14.3 Å². The van der Waals surface area contributed by atoms with Gasteiger partial charge in [-0.2, -0.15) is 0 Å². The van der Waals surface area contributed by atoms with Crippen molar-refractivity contribution in [1.29, 1.82) is 0 Å². The number of hydrazine groups is 1. The second-order valence-electron chi connectivity index (χ2n) is 6.13. The standard InChI is InChI=1S/C21H27N3O3/c1-4-24(5-2)18-10-8-17(9-11-18)21(26)23-22-20(25)14-15-27-19-12-6-16(3)7-13-19/h6-13H,4-5,14-15H2,1-3H3,(H,22,25)(H,23,26). The summed E-state index contributed by atoms with van der Waals surface area (Å²) < 4.78 is 5.50. The van der Waals surface area contributed by atoms with Gasteiger partial charge in [0.05, 0.1) is 13.0 Å². The van der Waals surface area contributed by atoms with Gasteiger partial charge in [0, 0.05) is 24.3 Å². The SMILES string of the molecule is CCN(CC)c1ccc(C(=O)NNC(=O)CCOc2ccc(C)cc2)cc1. The number of ether oxygens (including phenoxy) is 1. The van der Waals surface area contributed by atoms with Crippen LogP contribution in [0.5, 0.6) is 5.75 Å². The quantitative estimate of drug-likeness (QED) is 0.702. The number of amides is 2. The van der Waals surface area contributed by atoms with Crippen LogP contribution in [-0.4, -0.2) is 31.5 Å². The Morgan fingerprint density at radius 1 is 0.926 bits per heavy atom. The number of nitrogens with zero attached hydrogens (tertiary/aromatic N) is 1. The average Bonchev–Trinajstić information content (AvgIpc) is 2.69. The molecule has 0 unspecified atom stereocenters. The summed E-state index contributed by atoms with van der Waals surface area (Å²) in [6.07, 6.45) is 0.148. The van der Waals surface area contributed by atoms with E-state index in [9.17, 15) is 9.59 Å². The minimum Gasteiger partial charge on any atom is -0.493 e. The molecular formula is C21H27N3O3. The number of rotatable bonds is 8. The molecule has 0 heterocycles. The zero-order chi connectivity index (χ0) is 19.6. The molecule has 0 aliphatic heterocycles. The van der Waals surface area contributed by atoms with Crippen molar-refractivity contribution in [2.24, 2.45) is 0 Å². The Balaban J connectivity index is 1.74. The summed E-state index contributed by atoms with van der Waals surface area (Å²) in [4.78, 5) is 26.1. The minimum atomic E-state index is -0.353. The molecule has 0 saturated carbocycles. The normalized spacial score (nSPS) is 10.2. The van der Waals surface area contributed by atoms with Crippen molar-refractivity contribution in [2.45, 2.75) is 27.2 Å². The molecule has 0 aliphatic carbocycles. The molecule has 2 amide bonds. The molecule has 27 heavy (non-hydrogen) atoms. The molecule has 144 valence electrons. The summed E-state index contributed by atoms with van der Waals surface area (Å²) in [5.41, 5.74) is 7.53. The lowest BCUT2D eigenvalue weighted by atomic mass is 10.2. The number of hydrogen-bond acceptors (Lipinski definition) is 4. The first-order valence-electron chi connectivity index (χ1n) is 9.17. The molecular weight excluding hydrogens is 342 g/mol. The number of nitrogens with one attached hydrogen (secondary N) is 2. The summed E-state index contributed by atoms with van der Waals surface area (Å²) in [6, 6.07) is 14.9. The van der Waals surface area contributed by atoms with Gasteiger partial charge < -0.3 is 9.64 Å².